The van der Waals surface area contributed by atoms with Gasteiger partial charge in [-0.1, -0.05) is 0 Å². The summed E-state index contributed by atoms with van der Waals surface area (Å²) in [6.45, 7) is 4.08. The number of fused-ring (bicyclic) bond motifs is 1. The molecule has 1 amide bonds. The summed E-state index contributed by atoms with van der Waals surface area (Å²) in [5, 5.41) is 2.44. The second kappa shape index (κ2) is 4.79. The number of hydrogen-bond acceptors (Lipinski definition) is 5. The summed E-state index contributed by atoms with van der Waals surface area (Å²) < 4.78 is 5.77. The van der Waals surface area contributed by atoms with Crippen LogP contribution in [0.25, 0.3) is 11.3 Å². The fourth-order valence-corrected chi connectivity index (χ4v) is 2.89. The number of hydrogen-bond donors (Lipinski definition) is 1. The molecule has 1 atom stereocenters. The van der Waals surface area contributed by atoms with Crippen molar-refractivity contribution in [3.63, 3.8) is 0 Å². The Balaban J connectivity index is 2.06. The quantitative estimate of drug-likeness (QED) is 0.876. The van der Waals surface area contributed by atoms with Crippen LogP contribution < -0.4 is 15.4 Å². The number of nitrogen functional groups attached to an aromatic ring is 1. The lowest BCUT2D eigenvalue weighted by atomic mass is 10.1. The first kappa shape index (κ1) is 12.9. The van der Waals surface area contributed by atoms with Gasteiger partial charge in [0.1, 0.15) is 11.9 Å². The molecule has 104 valence electrons. The van der Waals surface area contributed by atoms with Gasteiger partial charge in [0.05, 0.1) is 17.9 Å². The molecule has 1 aromatic carbocycles. The molecule has 0 aliphatic carbocycles. The van der Waals surface area contributed by atoms with Gasteiger partial charge in [-0.25, -0.2) is 4.98 Å². The van der Waals surface area contributed by atoms with E-state index in [1.807, 2.05) is 30.5 Å². The van der Waals surface area contributed by atoms with Crippen LogP contribution in [0.15, 0.2) is 23.6 Å². The number of rotatable bonds is 1. The van der Waals surface area contributed by atoms with Crippen LogP contribution in [0, 0.1) is 0 Å². The number of carbonyl (C=O) groups excluding carboxylic acids is 1. The number of ether oxygens (including phenoxy) is 1. The highest BCUT2D eigenvalue weighted by Crippen LogP contribution is 2.37. The minimum atomic E-state index is -0.00725. The zero-order valence-electron chi connectivity index (χ0n) is 11.3. The molecule has 0 spiro atoms. The molecule has 3 rings (SSSR count). The molecule has 1 aromatic heterocycles. The first-order valence-electron chi connectivity index (χ1n) is 6.35. The maximum Gasteiger partial charge on any atom is 0.224 e. The van der Waals surface area contributed by atoms with Gasteiger partial charge in [-0.2, -0.15) is 0 Å². The van der Waals surface area contributed by atoms with Crippen LogP contribution >= 0.6 is 11.3 Å². The molecule has 2 heterocycles. The minimum Gasteiger partial charge on any atom is -0.487 e. The van der Waals surface area contributed by atoms with E-state index >= 15 is 0 Å². The number of thiazole rings is 1. The van der Waals surface area contributed by atoms with Crippen molar-refractivity contribution in [2.75, 3.05) is 17.2 Å². The first-order chi connectivity index (χ1) is 9.54. The zero-order chi connectivity index (χ0) is 14.3. The van der Waals surface area contributed by atoms with Gasteiger partial charge in [0, 0.05) is 17.9 Å². The molecule has 0 fully saturated rings. The molecule has 5 nitrogen and oxygen atoms in total. The van der Waals surface area contributed by atoms with E-state index in [0.29, 0.717) is 11.7 Å². The number of amides is 1. The van der Waals surface area contributed by atoms with Crippen LogP contribution in [-0.2, 0) is 4.79 Å². The van der Waals surface area contributed by atoms with E-state index in [9.17, 15) is 4.79 Å². The van der Waals surface area contributed by atoms with E-state index in [0.717, 1.165) is 22.7 Å². The summed E-state index contributed by atoms with van der Waals surface area (Å²) in [4.78, 5) is 17.8. The Morgan fingerprint density at radius 3 is 3.00 bits per heavy atom. The fourth-order valence-electron chi connectivity index (χ4n) is 2.32. The van der Waals surface area contributed by atoms with Crippen molar-refractivity contribution in [3.8, 4) is 17.0 Å². The van der Waals surface area contributed by atoms with Gasteiger partial charge in [-0.15, -0.1) is 11.3 Å². The van der Waals surface area contributed by atoms with Crippen LogP contribution in [-0.4, -0.2) is 23.5 Å². The molecule has 2 aromatic rings. The van der Waals surface area contributed by atoms with Crippen LogP contribution in [0.2, 0.25) is 0 Å². The molecule has 1 aliphatic rings. The van der Waals surface area contributed by atoms with Crippen molar-refractivity contribution >= 4 is 28.1 Å². The zero-order valence-corrected chi connectivity index (χ0v) is 12.1. The summed E-state index contributed by atoms with van der Waals surface area (Å²) in [6.07, 6.45) is -0.00725. The van der Waals surface area contributed by atoms with Crippen molar-refractivity contribution in [1.29, 1.82) is 0 Å². The highest BCUT2D eigenvalue weighted by Gasteiger charge is 2.26. The monoisotopic (exact) mass is 289 g/mol. The number of anilines is 2. The molecular weight excluding hydrogens is 274 g/mol. The maximum absolute atomic E-state index is 11.8. The maximum atomic E-state index is 11.8. The molecule has 0 saturated heterocycles. The van der Waals surface area contributed by atoms with Crippen LogP contribution in [0.5, 0.6) is 5.75 Å². The Labute approximate surface area is 121 Å². The van der Waals surface area contributed by atoms with Gasteiger partial charge in [-0.05, 0) is 25.1 Å². The smallest absolute Gasteiger partial charge is 0.224 e. The van der Waals surface area contributed by atoms with Gasteiger partial charge in [-0.3, -0.25) is 4.79 Å². The Morgan fingerprint density at radius 2 is 2.35 bits per heavy atom. The highest BCUT2D eigenvalue weighted by atomic mass is 32.1. The normalized spacial score (nSPS) is 17.5. The lowest BCUT2D eigenvalue weighted by Crippen LogP contribution is -2.41. The molecule has 0 bridgehead atoms. The largest absolute Gasteiger partial charge is 0.487 e. The van der Waals surface area contributed by atoms with Crippen molar-refractivity contribution in [3.05, 3.63) is 23.6 Å². The second-order valence-electron chi connectivity index (χ2n) is 4.81. The highest BCUT2D eigenvalue weighted by molar-refractivity contribution is 7.13. The van der Waals surface area contributed by atoms with E-state index in [4.69, 9.17) is 10.5 Å². The predicted molar refractivity (Wildman–Crippen MR) is 80.1 cm³/mol. The molecule has 0 saturated carbocycles. The van der Waals surface area contributed by atoms with E-state index in [-0.39, 0.29) is 12.0 Å². The molecule has 6 heteroatoms. The molecule has 0 radical (unpaired) electrons. The standard InChI is InChI=1S/C14H15N3O2S/c1-8-6-17(9(2)18)12-5-10(3-4-13(12)19-8)11-7-20-14(15)16-11/h3-5,7-8H,6H2,1-2H3,(H2,15,16). The van der Waals surface area contributed by atoms with E-state index in [2.05, 4.69) is 4.98 Å². The van der Waals surface area contributed by atoms with Gasteiger partial charge >= 0.3 is 0 Å². The fraction of sp³-hybridized carbons (Fsp3) is 0.286. The van der Waals surface area contributed by atoms with Crippen LogP contribution in [0.1, 0.15) is 13.8 Å². The lowest BCUT2D eigenvalue weighted by Gasteiger charge is -2.33. The van der Waals surface area contributed by atoms with Crippen molar-refractivity contribution in [2.45, 2.75) is 20.0 Å². The summed E-state index contributed by atoms with van der Waals surface area (Å²) in [7, 11) is 0. The summed E-state index contributed by atoms with van der Waals surface area (Å²) in [6, 6.07) is 5.74. The van der Waals surface area contributed by atoms with Crippen molar-refractivity contribution in [1.82, 2.24) is 4.98 Å². The molecule has 20 heavy (non-hydrogen) atoms. The minimum absolute atomic E-state index is 0.00725. The van der Waals surface area contributed by atoms with Crippen molar-refractivity contribution in [2.24, 2.45) is 0 Å². The van der Waals surface area contributed by atoms with Crippen LogP contribution in [0.3, 0.4) is 0 Å². The third kappa shape index (κ3) is 2.22. The van der Waals surface area contributed by atoms with Gasteiger partial charge in [0.25, 0.3) is 0 Å². The molecule has 1 unspecified atom stereocenters. The van der Waals surface area contributed by atoms with E-state index in [1.165, 1.54) is 11.3 Å². The van der Waals surface area contributed by atoms with E-state index in [1.54, 1.807) is 11.8 Å². The Morgan fingerprint density at radius 1 is 1.55 bits per heavy atom. The number of benzene rings is 1. The Bertz CT molecular complexity index is 668. The summed E-state index contributed by atoms with van der Waals surface area (Å²) >= 11 is 1.40. The summed E-state index contributed by atoms with van der Waals surface area (Å²) in [5.74, 6) is 0.738. The molecule has 2 N–H and O–H groups in total. The number of nitrogens with zero attached hydrogens (tertiary/aromatic N) is 2. The number of aromatic nitrogens is 1. The molecule has 1 aliphatic heterocycles. The third-order valence-corrected chi connectivity index (χ3v) is 3.89. The average molecular weight is 289 g/mol. The van der Waals surface area contributed by atoms with Crippen LogP contribution in [0.4, 0.5) is 10.8 Å². The Kier molecular flexibility index (Phi) is 3.10. The lowest BCUT2D eigenvalue weighted by molar-refractivity contribution is -0.117. The van der Waals surface area contributed by atoms with Gasteiger partial charge in [0.15, 0.2) is 5.13 Å². The SMILES string of the molecule is CC(=O)N1CC(C)Oc2ccc(-c3csc(N)n3)cc21. The predicted octanol–water partition coefficient (Wildman–Crippen LogP) is 2.53. The molecular formula is C14H15N3O2S. The second-order valence-corrected chi connectivity index (χ2v) is 5.70. The number of nitrogens with two attached hydrogens (primary N) is 1. The first-order valence-corrected chi connectivity index (χ1v) is 7.23. The van der Waals surface area contributed by atoms with Crippen molar-refractivity contribution < 1.29 is 9.53 Å². The van der Waals surface area contributed by atoms with Gasteiger partial charge < -0.3 is 15.4 Å². The average Bonchev–Trinajstić information content (AvgIpc) is 2.83. The topological polar surface area (TPSA) is 68.5 Å². The number of carbonyl (C=O) groups is 1. The summed E-state index contributed by atoms with van der Waals surface area (Å²) in [5.41, 5.74) is 8.21. The van der Waals surface area contributed by atoms with E-state index < -0.39 is 0 Å². The third-order valence-electron chi connectivity index (χ3n) is 3.22. The van der Waals surface area contributed by atoms with Gasteiger partial charge in [0.2, 0.25) is 5.91 Å². The Hall–Kier alpha value is -2.08.